The van der Waals surface area contributed by atoms with E-state index in [0.717, 1.165) is 23.5 Å². The number of hydrogen-bond acceptors (Lipinski definition) is 5. The molecular weight excluding hydrogens is 296 g/mol. The first-order valence-electron chi connectivity index (χ1n) is 7.53. The van der Waals surface area contributed by atoms with Crippen LogP contribution in [0.25, 0.3) is 0 Å². The Bertz CT molecular complexity index is 555. The summed E-state index contributed by atoms with van der Waals surface area (Å²) in [6.45, 7) is 7.65. The van der Waals surface area contributed by atoms with Gasteiger partial charge in [-0.05, 0) is 11.6 Å². The second kappa shape index (κ2) is 7.17. The van der Waals surface area contributed by atoms with Gasteiger partial charge in [0.15, 0.2) is 0 Å². The van der Waals surface area contributed by atoms with Gasteiger partial charge in [0.1, 0.15) is 19.1 Å². The first-order chi connectivity index (χ1) is 10.5. The molecule has 1 atom stereocenters. The first-order valence-corrected chi connectivity index (χ1v) is 11.2. The van der Waals surface area contributed by atoms with E-state index >= 15 is 0 Å². The fraction of sp³-hybridized carbons (Fsp3) is 0.500. The lowest BCUT2D eigenvalue weighted by atomic mass is 9.96. The van der Waals surface area contributed by atoms with Crippen LogP contribution in [0.1, 0.15) is 17.2 Å². The van der Waals surface area contributed by atoms with E-state index in [9.17, 15) is 9.90 Å². The molecule has 1 aromatic rings. The van der Waals surface area contributed by atoms with Crippen LogP contribution in [-0.2, 0) is 9.53 Å². The lowest BCUT2D eigenvalue weighted by Gasteiger charge is -2.32. The zero-order chi connectivity index (χ0) is 16.2. The van der Waals surface area contributed by atoms with Crippen molar-refractivity contribution < 1.29 is 14.6 Å². The van der Waals surface area contributed by atoms with Gasteiger partial charge >= 0.3 is 0 Å². The molecule has 120 valence electrons. The summed E-state index contributed by atoms with van der Waals surface area (Å²) < 4.78 is 5.70. The molecule has 0 saturated carbocycles. The average Bonchev–Trinajstić information content (AvgIpc) is 2.49. The quantitative estimate of drug-likeness (QED) is 0.475. The molecule has 0 saturated heterocycles. The van der Waals surface area contributed by atoms with E-state index in [2.05, 4.69) is 24.7 Å². The molecule has 0 fully saturated rings. The maximum absolute atomic E-state index is 11.5. The highest BCUT2D eigenvalue weighted by Crippen LogP contribution is 2.28. The van der Waals surface area contributed by atoms with Crippen LogP contribution in [0.5, 0.6) is 0 Å². The summed E-state index contributed by atoms with van der Waals surface area (Å²) in [6, 6.07) is 8.15. The minimum absolute atomic E-state index is 0.159. The van der Waals surface area contributed by atoms with Crippen molar-refractivity contribution in [3.63, 3.8) is 0 Å². The fourth-order valence-corrected chi connectivity index (χ4v) is 3.11. The number of fused-ring (bicyclic) bond motifs is 1. The van der Waals surface area contributed by atoms with Crippen molar-refractivity contribution >= 4 is 20.1 Å². The van der Waals surface area contributed by atoms with Gasteiger partial charge in [-0.15, -0.1) is 0 Å². The SMILES string of the molecule is C[Si](C)(C)CCOCN1N=C(CO)c2ccccc2C1C=O. The molecule has 0 aliphatic carbocycles. The highest BCUT2D eigenvalue weighted by Gasteiger charge is 2.28. The van der Waals surface area contributed by atoms with Gasteiger partial charge in [0.05, 0.1) is 12.3 Å². The Kier molecular flexibility index (Phi) is 5.50. The molecule has 1 N–H and O–H groups in total. The summed E-state index contributed by atoms with van der Waals surface area (Å²) >= 11 is 0. The molecule has 0 spiro atoms. The van der Waals surface area contributed by atoms with Gasteiger partial charge in [-0.1, -0.05) is 43.9 Å². The van der Waals surface area contributed by atoms with Crippen LogP contribution in [0.3, 0.4) is 0 Å². The van der Waals surface area contributed by atoms with Crippen molar-refractivity contribution in [3.05, 3.63) is 35.4 Å². The summed E-state index contributed by atoms with van der Waals surface area (Å²) in [7, 11) is -1.14. The van der Waals surface area contributed by atoms with Crippen molar-refractivity contribution in [1.29, 1.82) is 0 Å². The maximum atomic E-state index is 11.5. The Morgan fingerprint density at radius 2 is 2.09 bits per heavy atom. The van der Waals surface area contributed by atoms with E-state index in [1.54, 1.807) is 5.01 Å². The van der Waals surface area contributed by atoms with E-state index in [1.807, 2.05) is 24.3 Å². The Labute approximate surface area is 132 Å². The number of carbonyl (C=O) groups is 1. The van der Waals surface area contributed by atoms with Gasteiger partial charge in [0, 0.05) is 20.2 Å². The van der Waals surface area contributed by atoms with Gasteiger partial charge in [0.25, 0.3) is 0 Å². The fourth-order valence-electron chi connectivity index (χ4n) is 2.36. The van der Waals surface area contributed by atoms with E-state index in [4.69, 9.17) is 4.74 Å². The van der Waals surface area contributed by atoms with Gasteiger partial charge in [-0.3, -0.25) is 5.01 Å². The molecule has 0 amide bonds. The number of aliphatic hydroxyl groups is 1. The molecule has 6 heteroatoms. The molecule has 0 aromatic heterocycles. The highest BCUT2D eigenvalue weighted by atomic mass is 28.3. The van der Waals surface area contributed by atoms with Crippen LogP contribution in [0, 0.1) is 0 Å². The Morgan fingerprint density at radius 1 is 1.36 bits per heavy atom. The summed E-state index contributed by atoms with van der Waals surface area (Å²) in [6.07, 6.45) is 0.873. The number of hydrogen-bond donors (Lipinski definition) is 1. The second-order valence-electron chi connectivity index (χ2n) is 6.66. The van der Waals surface area contributed by atoms with Crippen molar-refractivity contribution in [1.82, 2.24) is 5.01 Å². The van der Waals surface area contributed by atoms with Crippen molar-refractivity contribution in [2.75, 3.05) is 19.9 Å². The molecule has 2 rings (SSSR count). The zero-order valence-corrected chi connectivity index (χ0v) is 14.5. The van der Waals surface area contributed by atoms with Crippen LogP contribution < -0.4 is 0 Å². The molecule has 1 unspecified atom stereocenters. The van der Waals surface area contributed by atoms with E-state index in [-0.39, 0.29) is 13.3 Å². The predicted octanol–water partition coefficient (Wildman–Crippen LogP) is 2.25. The maximum Gasteiger partial charge on any atom is 0.148 e. The molecule has 5 nitrogen and oxygen atoms in total. The predicted molar refractivity (Wildman–Crippen MR) is 89.7 cm³/mol. The number of aldehydes is 1. The summed E-state index contributed by atoms with van der Waals surface area (Å²) in [4.78, 5) is 11.5. The van der Waals surface area contributed by atoms with Gasteiger partial charge in [0.2, 0.25) is 0 Å². The molecule has 1 heterocycles. The Hall–Kier alpha value is -1.50. The number of nitrogens with zero attached hydrogens (tertiary/aromatic N) is 2. The van der Waals surface area contributed by atoms with Crippen molar-refractivity contribution in [3.8, 4) is 0 Å². The van der Waals surface area contributed by atoms with Crippen molar-refractivity contribution in [2.45, 2.75) is 31.7 Å². The second-order valence-corrected chi connectivity index (χ2v) is 12.3. The minimum Gasteiger partial charge on any atom is -0.390 e. The third kappa shape index (κ3) is 4.03. The molecule has 22 heavy (non-hydrogen) atoms. The summed E-state index contributed by atoms with van der Waals surface area (Å²) in [5.41, 5.74) is 2.27. The van der Waals surface area contributed by atoms with E-state index < -0.39 is 14.1 Å². The Balaban J connectivity index is 2.09. The van der Waals surface area contributed by atoms with Crippen LogP contribution in [-0.4, -0.2) is 50.1 Å². The van der Waals surface area contributed by atoms with Crippen LogP contribution in [0.15, 0.2) is 29.4 Å². The molecule has 1 aromatic carbocycles. The van der Waals surface area contributed by atoms with Gasteiger partial charge in [-0.2, -0.15) is 5.10 Å². The minimum atomic E-state index is -1.14. The third-order valence-corrected chi connectivity index (χ3v) is 5.36. The zero-order valence-electron chi connectivity index (χ0n) is 13.5. The number of benzene rings is 1. The Morgan fingerprint density at radius 3 is 2.73 bits per heavy atom. The first kappa shape index (κ1) is 16.9. The number of hydrazone groups is 1. The number of rotatable bonds is 7. The molecule has 1 aliphatic heterocycles. The largest absolute Gasteiger partial charge is 0.390 e. The number of aliphatic hydroxyl groups excluding tert-OH is 1. The van der Waals surface area contributed by atoms with E-state index in [0.29, 0.717) is 12.3 Å². The van der Waals surface area contributed by atoms with Crippen molar-refractivity contribution in [2.24, 2.45) is 5.10 Å². The normalized spacial score (nSPS) is 17.9. The number of carbonyl (C=O) groups excluding carboxylic acids is 1. The lowest BCUT2D eigenvalue weighted by molar-refractivity contribution is -0.115. The highest BCUT2D eigenvalue weighted by molar-refractivity contribution is 6.76. The lowest BCUT2D eigenvalue weighted by Crippen LogP contribution is -2.35. The smallest absolute Gasteiger partial charge is 0.148 e. The van der Waals surface area contributed by atoms with Gasteiger partial charge in [-0.25, -0.2) is 0 Å². The topological polar surface area (TPSA) is 62.1 Å². The van der Waals surface area contributed by atoms with E-state index in [1.165, 1.54) is 0 Å². The number of ether oxygens (including phenoxy) is 1. The van der Waals surface area contributed by atoms with Gasteiger partial charge < -0.3 is 14.6 Å². The molecule has 1 aliphatic rings. The summed E-state index contributed by atoms with van der Waals surface area (Å²) in [5, 5.41) is 15.5. The average molecular weight is 320 g/mol. The molecular formula is C16H24N2O3Si. The monoisotopic (exact) mass is 320 g/mol. The molecule has 0 bridgehead atoms. The summed E-state index contributed by atoms with van der Waals surface area (Å²) in [5.74, 6) is 0. The van der Waals surface area contributed by atoms with Crippen LogP contribution in [0.4, 0.5) is 0 Å². The third-order valence-electron chi connectivity index (χ3n) is 3.66. The van der Waals surface area contributed by atoms with Crippen LogP contribution in [0.2, 0.25) is 25.7 Å². The molecule has 0 radical (unpaired) electrons. The van der Waals surface area contributed by atoms with Crippen LogP contribution >= 0.6 is 0 Å². The standard InChI is InChI=1S/C16H24N2O3Si/c1-22(2,3)9-8-21-12-18-16(11-20)14-7-5-4-6-13(14)15(10-19)17-18/h4-7,11,16,19H,8-10,12H2,1-3H3.